The van der Waals surface area contributed by atoms with Gasteiger partial charge in [-0.05, 0) is 30.0 Å². The molecule has 0 aliphatic carbocycles. The molecule has 0 spiro atoms. The van der Waals surface area contributed by atoms with Crippen LogP contribution in [-0.4, -0.2) is 23.7 Å². The van der Waals surface area contributed by atoms with Crippen LogP contribution in [0.25, 0.3) is 0 Å². The van der Waals surface area contributed by atoms with E-state index in [0.717, 1.165) is 5.56 Å². The molecule has 1 aromatic rings. The Labute approximate surface area is 129 Å². The first-order valence-corrected chi connectivity index (χ1v) is 7.25. The lowest BCUT2D eigenvalue weighted by atomic mass is 9.97. The van der Waals surface area contributed by atoms with Crippen LogP contribution in [-0.2, 0) is 11.3 Å². The highest BCUT2D eigenvalue weighted by atomic mass is 35.5. The lowest BCUT2D eigenvalue weighted by molar-refractivity contribution is -0.142. The molecule has 0 aliphatic heterocycles. The van der Waals surface area contributed by atoms with Crippen molar-refractivity contribution in [2.24, 2.45) is 11.8 Å². The number of urea groups is 1. The highest BCUT2D eigenvalue weighted by Crippen LogP contribution is 2.11. The molecule has 6 heteroatoms. The minimum atomic E-state index is -0.890. The summed E-state index contributed by atoms with van der Waals surface area (Å²) in [5.41, 5.74) is 0.884. The van der Waals surface area contributed by atoms with Crippen molar-refractivity contribution >= 4 is 23.6 Å². The number of nitrogens with one attached hydrogen (secondary N) is 2. The molecule has 1 unspecified atom stereocenters. The lowest BCUT2D eigenvalue weighted by Crippen LogP contribution is -2.39. The largest absolute Gasteiger partial charge is 0.481 e. The smallest absolute Gasteiger partial charge is 0.315 e. The molecule has 21 heavy (non-hydrogen) atoms. The Kier molecular flexibility index (Phi) is 7.02. The lowest BCUT2D eigenvalue weighted by Gasteiger charge is -2.15. The molecule has 5 nitrogen and oxygen atoms in total. The van der Waals surface area contributed by atoms with Gasteiger partial charge < -0.3 is 15.7 Å². The Morgan fingerprint density at radius 2 is 2.00 bits per heavy atom. The number of halogens is 1. The van der Waals surface area contributed by atoms with E-state index in [1.165, 1.54) is 0 Å². The third-order valence-electron chi connectivity index (χ3n) is 2.96. The monoisotopic (exact) mass is 312 g/mol. The SMILES string of the molecule is CC(C)CC(CNC(=O)NCc1cccc(Cl)c1)C(=O)O. The van der Waals surface area contributed by atoms with Gasteiger partial charge in [-0.15, -0.1) is 0 Å². The molecule has 2 amide bonds. The average Bonchev–Trinajstić information content (AvgIpc) is 2.40. The molecule has 3 N–H and O–H groups in total. The second-order valence-corrected chi connectivity index (χ2v) is 5.79. The van der Waals surface area contributed by atoms with Crippen molar-refractivity contribution in [1.29, 1.82) is 0 Å². The molecular weight excluding hydrogens is 292 g/mol. The highest BCUT2D eigenvalue weighted by Gasteiger charge is 2.19. The van der Waals surface area contributed by atoms with Crippen LogP contribution in [0.1, 0.15) is 25.8 Å². The second kappa shape index (κ2) is 8.52. The van der Waals surface area contributed by atoms with E-state index in [0.29, 0.717) is 18.0 Å². The van der Waals surface area contributed by atoms with Gasteiger partial charge in [-0.2, -0.15) is 0 Å². The number of carboxylic acids is 1. The van der Waals surface area contributed by atoms with E-state index in [-0.39, 0.29) is 18.5 Å². The van der Waals surface area contributed by atoms with E-state index in [9.17, 15) is 9.59 Å². The van der Waals surface area contributed by atoms with Gasteiger partial charge in [0, 0.05) is 18.1 Å². The van der Waals surface area contributed by atoms with Gasteiger partial charge in [0.25, 0.3) is 0 Å². The normalized spacial score (nSPS) is 12.0. The Morgan fingerprint density at radius 1 is 1.29 bits per heavy atom. The van der Waals surface area contributed by atoms with Crippen LogP contribution in [0.5, 0.6) is 0 Å². The van der Waals surface area contributed by atoms with E-state index in [2.05, 4.69) is 10.6 Å². The predicted octanol–water partition coefficient (Wildman–Crippen LogP) is 2.89. The molecule has 0 saturated heterocycles. The molecule has 1 aromatic carbocycles. The Hall–Kier alpha value is -1.75. The van der Waals surface area contributed by atoms with Crippen molar-refractivity contribution in [3.8, 4) is 0 Å². The van der Waals surface area contributed by atoms with Crippen LogP contribution in [0.4, 0.5) is 4.79 Å². The zero-order valence-electron chi connectivity index (χ0n) is 12.2. The van der Waals surface area contributed by atoms with Crippen LogP contribution < -0.4 is 10.6 Å². The summed E-state index contributed by atoms with van der Waals surface area (Å²) in [6.07, 6.45) is 0.532. The molecular formula is C15H21ClN2O3. The maximum Gasteiger partial charge on any atom is 0.315 e. The maximum absolute atomic E-state index is 11.7. The summed E-state index contributed by atoms with van der Waals surface area (Å²) in [4.78, 5) is 22.7. The summed E-state index contributed by atoms with van der Waals surface area (Å²) < 4.78 is 0. The van der Waals surface area contributed by atoms with Gasteiger partial charge in [0.1, 0.15) is 0 Å². The first kappa shape index (κ1) is 17.3. The fraction of sp³-hybridized carbons (Fsp3) is 0.467. The standard InChI is InChI=1S/C15H21ClN2O3/c1-10(2)6-12(14(19)20)9-18-15(21)17-8-11-4-3-5-13(16)7-11/h3-5,7,10,12H,6,8-9H2,1-2H3,(H,19,20)(H2,17,18,21). The second-order valence-electron chi connectivity index (χ2n) is 5.36. The minimum Gasteiger partial charge on any atom is -0.481 e. The summed E-state index contributed by atoms with van der Waals surface area (Å²) >= 11 is 5.85. The van der Waals surface area contributed by atoms with E-state index in [1.807, 2.05) is 19.9 Å². The molecule has 0 fully saturated rings. The number of hydrogen-bond donors (Lipinski definition) is 3. The van der Waals surface area contributed by atoms with Crippen molar-refractivity contribution in [2.45, 2.75) is 26.8 Å². The Morgan fingerprint density at radius 3 is 2.57 bits per heavy atom. The Bertz CT molecular complexity index is 492. The van der Waals surface area contributed by atoms with Gasteiger partial charge >= 0.3 is 12.0 Å². The number of rotatable bonds is 7. The number of carbonyl (C=O) groups is 2. The third kappa shape index (κ3) is 6.99. The van der Waals surface area contributed by atoms with Crippen LogP contribution in [0, 0.1) is 11.8 Å². The van der Waals surface area contributed by atoms with Crippen LogP contribution >= 0.6 is 11.6 Å². The van der Waals surface area contributed by atoms with Gasteiger partial charge in [0.15, 0.2) is 0 Å². The average molecular weight is 313 g/mol. The zero-order valence-corrected chi connectivity index (χ0v) is 13.0. The molecule has 0 aromatic heterocycles. The molecule has 0 bridgehead atoms. The molecule has 116 valence electrons. The summed E-state index contributed by atoms with van der Waals surface area (Å²) in [6, 6.07) is 6.80. The van der Waals surface area contributed by atoms with E-state index in [1.54, 1.807) is 18.2 Å². The fourth-order valence-electron chi connectivity index (χ4n) is 1.95. The number of benzene rings is 1. The molecule has 0 saturated carbocycles. The minimum absolute atomic E-state index is 0.120. The number of hydrogen-bond acceptors (Lipinski definition) is 2. The van der Waals surface area contributed by atoms with Crippen molar-refractivity contribution in [2.75, 3.05) is 6.54 Å². The number of aliphatic carboxylic acids is 1. The van der Waals surface area contributed by atoms with E-state index in [4.69, 9.17) is 16.7 Å². The van der Waals surface area contributed by atoms with Crippen LogP contribution in [0.15, 0.2) is 24.3 Å². The van der Waals surface area contributed by atoms with Crippen LogP contribution in [0.3, 0.4) is 0 Å². The molecule has 1 atom stereocenters. The van der Waals surface area contributed by atoms with Gasteiger partial charge in [-0.3, -0.25) is 4.79 Å². The molecule has 0 heterocycles. The van der Waals surface area contributed by atoms with E-state index >= 15 is 0 Å². The quantitative estimate of drug-likeness (QED) is 0.724. The maximum atomic E-state index is 11.7. The first-order chi connectivity index (χ1) is 9.88. The van der Waals surface area contributed by atoms with Gasteiger partial charge in [0.05, 0.1) is 5.92 Å². The third-order valence-corrected chi connectivity index (χ3v) is 3.19. The summed E-state index contributed by atoms with van der Waals surface area (Å²) in [5, 5.41) is 15.0. The number of amides is 2. The van der Waals surface area contributed by atoms with Crippen molar-refractivity contribution in [3.05, 3.63) is 34.9 Å². The van der Waals surface area contributed by atoms with Crippen LogP contribution in [0.2, 0.25) is 5.02 Å². The molecule has 0 aliphatic rings. The van der Waals surface area contributed by atoms with Crippen molar-refractivity contribution in [3.63, 3.8) is 0 Å². The van der Waals surface area contributed by atoms with Gasteiger partial charge in [-0.1, -0.05) is 37.6 Å². The summed E-state index contributed by atoms with van der Waals surface area (Å²) in [7, 11) is 0. The van der Waals surface area contributed by atoms with Crippen molar-refractivity contribution < 1.29 is 14.7 Å². The topological polar surface area (TPSA) is 78.4 Å². The van der Waals surface area contributed by atoms with Gasteiger partial charge in [0.2, 0.25) is 0 Å². The Balaban J connectivity index is 2.37. The van der Waals surface area contributed by atoms with Crippen molar-refractivity contribution in [1.82, 2.24) is 10.6 Å². The highest BCUT2D eigenvalue weighted by molar-refractivity contribution is 6.30. The summed E-state index contributed by atoms with van der Waals surface area (Å²) in [5.74, 6) is -1.19. The molecule has 1 rings (SSSR count). The first-order valence-electron chi connectivity index (χ1n) is 6.87. The predicted molar refractivity (Wildman–Crippen MR) is 82.3 cm³/mol. The number of carbonyl (C=O) groups excluding carboxylic acids is 1. The zero-order chi connectivity index (χ0) is 15.8. The van der Waals surface area contributed by atoms with E-state index < -0.39 is 11.9 Å². The van der Waals surface area contributed by atoms with Gasteiger partial charge in [-0.25, -0.2) is 4.79 Å². The fourth-order valence-corrected chi connectivity index (χ4v) is 2.16. The summed E-state index contributed by atoms with van der Waals surface area (Å²) in [6.45, 7) is 4.37. The number of carboxylic acid groups (broad SMARTS) is 1. The molecule has 0 radical (unpaired) electrons.